The van der Waals surface area contributed by atoms with E-state index in [4.69, 9.17) is 4.52 Å². The average molecular weight is 277 g/mol. The molecule has 1 aromatic heterocycles. The van der Waals surface area contributed by atoms with Gasteiger partial charge in [-0.15, -0.1) is 0 Å². The molecule has 112 valence electrons. The van der Waals surface area contributed by atoms with Gasteiger partial charge in [-0.2, -0.15) is 0 Å². The third kappa shape index (κ3) is 3.83. The lowest BCUT2D eigenvalue weighted by molar-refractivity contribution is 0.166. The molecule has 2 fully saturated rings. The Morgan fingerprint density at radius 3 is 3.00 bits per heavy atom. The van der Waals surface area contributed by atoms with Crippen molar-refractivity contribution in [2.45, 2.75) is 77.0 Å². The standard InChI is InChI=1S/C16H27N3O/c1-2-15-6-4-3-5-9-19(15)12-16-10-14(18-20-16)11-17-13-7-8-13/h10,13,15,17H,2-9,11-12H2,1H3. The molecule has 4 nitrogen and oxygen atoms in total. The van der Waals surface area contributed by atoms with Gasteiger partial charge >= 0.3 is 0 Å². The maximum atomic E-state index is 5.52. The second kappa shape index (κ2) is 6.72. The molecule has 1 aromatic rings. The minimum Gasteiger partial charge on any atom is -0.360 e. The zero-order valence-electron chi connectivity index (χ0n) is 12.6. The third-order valence-corrected chi connectivity index (χ3v) is 4.59. The van der Waals surface area contributed by atoms with Crippen LogP contribution < -0.4 is 5.32 Å². The van der Waals surface area contributed by atoms with Crippen molar-refractivity contribution in [2.24, 2.45) is 0 Å². The van der Waals surface area contributed by atoms with E-state index >= 15 is 0 Å². The van der Waals surface area contributed by atoms with Crippen LogP contribution in [0.25, 0.3) is 0 Å². The van der Waals surface area contributed by atoms with E-state index in [0.717, 1.165) is 36.6 Å². The Kier molecular flexibility index (Phi) is 4.73. The number of likely N-dealkylation sites (tertiary alicyclic amines) is 1. The molecule has 0 bridgehead atoms. The van der Waals surface area contributed by atoms with Crippen LogP contribution in [0.3, 0.4) is 0 Å². The van der Waals surface area contributed by atoms with Crippen LogP contribution in [0.5, 0.6) is 0 Å². The molecule has 1 aliphatic carbocycles. The highest BCUT2D eigenvalue weighted by atomic mass is 16.5. The molecule has 0 radical (unpaired) electrons. The Morgan fingerprint density at radius 1 is 1.30 bits per heavy atom. The minimum atomic E-state index is 0.718. The third-order valence-electron chi connectivity index (χ3n) is 4.59. The van der Waals surface area contributed by atoms with Crippen molar-refractivity contribution in [2.75, 3.05) is 6.54 Å². The highest BCUT2D eigenvalue weighted by molar-refractivity contribution is 5.06. The molecule has 3 rings (SSSR count). The first kappa shape index (κ1) is 14.1. The fraction of sp³-hybridized carbons (Fsp3) is 0.812. The number of aromatic nitrogens is 1. The predicted molar refractivity (Wildman–Crippen MR) is 79.3 cm³/mol. The second-order valence-corrected chi connectivity index (χ2v) is 6.32. The van der Waals surface area contributed by atoms with Crippen molar-refractivity contribution < 1.29 is 4.52 Å². The zero-order chi connectivity index (χ0) is 13.8. The van der Waals surface area contributed by atoms with Gasteiger partial charge < -0.3 is 9.84 Å². The van der Waals surface area contributed by atoms with Crippen LogP contribution in [0.4, 0.5) is 0 Å². The van der Waals surface area contributed by atoms with Gasteiger partial charge in [0.15, 0.2) is 5.76 Å². The molecule has 1 unspecified atom stereocenters. The Hall–Kier alpha value is -0.870. The zero-order valence-corrected chi connectivity index (χ0v) is 12.6. The van der Waals surface area contributed by atoms with Crippen molar-refractivity contribution in [1.82, 2.24) is 15.4 Å². The smallest absolute Gasteiger partial charge is 0.151 e. The van der Waals surface area contributed by atoms with Crippen LogP contribution in [0.1, 0.15) is 63.3 Å². The van der Waals surface area contributed by atoms with Gasteiger partial charge in [-0.1, -0.05) is 24.9 Å². The van der Waals surface area contributed by atoms with Gasteiger partial charge in [0, 0.05) is 24.7 Å². The van der Waals surface area contributed by atoms with Crippen LogP contribution in [-0.2, 0) is 13.1 Å². The molecule has 0 spiro atoms. The maximum Gasteiger partial charge on any atom is 0.151 e. The van der Waals surface area contributed by atoms with E-state index in [1.165, 1.54) is 51.5 Å². The highest BCUT2D eigenvalue weighted by Crippen LogP contribution is 2.22. The molecule has 1 saturated heterocycles. The summed E-state index contributed by atoms with van der Waals surface area (Å²) >= 11 is 0. The van der Waals surface area contributed by atoms with Crippen LogP contribution >= 0.6 is 0 Å². The molecule has 1 saturated carbocycles. The Balaban J connectivity index is 1.54. The highest BCUT2D eigenvalue weighted by Gasteiger charge is 2.22. The summed E-state index contributed by atoms with van der Waals surface area (Å²) in [5.74, 6) is 1.03. The summed E-state index contributed by atoms with van der Waals surface area (Å²) in [6, 6.07) is 3.58. The lowest BCUT2D eigenvalue weighted by Crippen LogP contribution is -2.33. The van der Waals surface area contributed by atoms with E-state index in [2.05, 4.69) is 28.4 Å². The molecule has 0 amide bonds. The Labute approximate surface area is 121 Å². The SMILES string of the molecule is CCC1CCCCCN1Cc1cc(CNC2CC2)no1. The summed E-state index contributed by atoms with van der Waals surface area (Å²) in [5.41, 5.74) is 1.05. The predicted octanol–water partition coefficient (Wildman–Crippen LogP) is 3.08. The summed E-state index contributed by atoms with van der Waals surface area (Å²) in [7, 11) is 0. The number of hydrogen-bond acceptors (Lipinski definition) is 4. The summed E-state index contributed by atoms with van der Waals surface area (Å²) in [5, 5.41) is 7.68. The van der Waals surface area contributed by atoms with Crippen molar-refractivity contribution >= 4 is 0 Å². The van der Waals surface area contributed by atoms with E-state index in [0.29, 0.717) is 0 Å². The van der Waals surface area contributed by atoms with Gasteiger partial charge in [0.2, 0.25) is 0 Å². The van der Waals surface area contributed by atoms with Gasteiger partial charge in [0.1, 0.15) is 0 Å². The first-order valence-corrected chi connectivity index (χ1v) is 8.27. The van der Waals surface area contributed by atoms with Crippen LogP contribution in [0.15, 0.2) is 10.6 Å². The minimum absolute atomic E-state index is 0.718. The lowest BCUT2D eigenvalue weighted by atomic mass is 10.1. The quantitative estimate of drug-likeness (QED) is 0.867. The molecular weight excluding hydrogens is 250 g/mol. The van der Waals surface area contributed by atoms with Gasteiger partial charge in [-0.3, -0.25) is 4.90 Å². The topological polar surface area (TPSA) is 41.3 Å². The number of rotatable bonds is 6. The van der Waals surface area contributed by atoms with E-state index in [9.17, 15) is 0 Å². The molecule has 2 aliphatic rings. The lowest BCUT2D eigenvalue weighted by Gasteiger charge is -2.27. The van der Waals surface area contributed by atoms with Crippen LogP contribution in [0, 0.1) is 0 Å². The summed E-state index contributed by atoms with van der Waals surface area (Å²) in [6.45, 7) is 5.28. The number of hydrogen-bond donors (Lipinski definition) is 1. The van der Waals surface area contributed by atoms with Gasteiger partial charge in [-0.05, 0) is 38.6 Å². The molecule has 20 heavy (non-hydrogen) atoms. The maximum absolute atomic E-state index is 5.52. The van der Waals surface area contributed by atoms with Gasteiger partial charge in [0.05, 0.1) is 12.2 Å². The van der Waals surface area contributed by atoms with Crippen molar-refractivity contribution in [1.29, 1.82) is 0 Å². The Bertz CT molecular complexity index is 414. The number of nitrogens with zero attached hydrogens (tertiary/aromatic N) is 2. The van der Waals surface area contributed by atoms with Gasteiger partial charge in [-0.25, -0.2) is 0 Å². The van der Waals surface area contributed by atoms with E-state index in [1.54, 1.807) is 0 Å². The average Bonchev–Trinajstić information content (AvgIpc) is 3.22. The van der Waals surface area contributed by atoms with Crippen molar-refractivity contribution in [3.8, 4) is 0 Å². The molecular formula is C16H27N3O. The Morgan fingerprint density at radius 2 is 2.20 bits per heavy atom. The van der Waals surface area contributed by atoms with Crippen LogP contribution in [-0.4, -0.2) is 28.7 Å². The summed E-state index contributed by atoms with van der Waals surface area (Å²) in [6.07, 6.45) is 9.28. The largest absolute Gasteiger partial charge is 0.360 e. The van der Waals surface area contributed by atoms with Crippen molar-refractivity contribution in [3.05, 3.63) is 17.5 Å². The van der Waals surface area contributed by atoms with Gasteiger partial charge in [0.25, 0.3) is 0 Å². The molecule has 1 aliphatic heterocycles. The van der Waals surface area contributed by atoms with E-state index in [-0.39, 0.29) is 0 Å². The normalized spacial score (nSPS) is 24.8. The first-order valence-electron chi connectivity index (χ1n) is 8.27. The van der Waals surface area contributed by atoms with Crippen molar-refractivity contribution in [3.63, 3.8) is 0 Å². The molecule has 4 heteroatoms. The fourth-order valence-electron chi connectivity index (χ4n) is 3.16. The monoisotopic (exact) mass is 277 g/mol. The summed E-state index contributed by atoms with van der Waals surface area (Å²) in [4.78, 5) is 2.59. The fourth-order valence-corrected chi connectivity index (χ4v) is 3.16. The molecule has 1 atom stereocenters. The van der Waals surface area contributed by atoms with E-state index < -0.39 is 0 Å². The molecule has 0 aromatic carbocycles. The van der Waals surface area contributed by atoms with E-state index in [1.807, 2.05) is 0 Å². The molecule has 2 heterocycles. The first-order chi connectivity index (χ1) is 9.85. The second-order valence-electron chi connectivity index (χ2n) is 6.32. The number of nitrogens with one attached hydrogen (secondary N) is 1. The van der Waals surface area contributed by atoms with Crippen LogP contribution in [0.2, 0.25) is 0 Å². The molecule has 1 N–H and O–H groups in total. The summed E-state index contributed by atoms with van der Waals surface area (Å²) < 4.78 is 5.52.